The van der Waals surface area contributed by atoms with E-state index in [2.05, 4.69) is 97.1 Å². The summed E-state index contributed by atoms with van der Waals surface area (Å²) in [5.74, 6) is 0. The summed E-state index contributed by atoms with van der Waals surface area (Å²) in [4.78, 5) is 0. The Bertz CT molecular complexity index is 1350. The standard InChI is InChI=1S/C27H18/c1-2-11-24-22(9-1)23-10-3-4-12-25(23)27-17-19(15-16-26(24)27)21-14-6-8-18-7-5-13-20(18)21/h1-6,8-17H,7H2. The van der Waals surface area contributed by atoms with Gasteiger partial charge in [0.05, 0.1) is 0 Å². The van der Waals surface area contributed by atoms with Gasteiger partial charge in [-0.1, -0.05) is 91.0 Å². The fourth-order valence-electron chi connectivity index (χ4n) is 4.62. The van der Waals surface area contributed by atoms with Crippen LogP contribution in [0.2, 0.25) is 0 Å². The molecule has 0 bridgehead atoms. The van der Waals surface area contributed by atoms with E-state index in [1.807, 2.05) is 0 Å². The van der Waals surface area contributed by atoms with Crippen molar-refractivity contribution < 1.29 is 0 Å². The lowest BCUT2D eigenvalue weighted by Gasteiger charge is -2.13. The summed E-state index contributed by atoms with van der Waals surface area (Å²) in [6, 6.07) is 31.2. The summed E-state index contributed by atoms with van der Waals surface area (Å²) in [6.07, 6.45) is 5.58. The van der Waals surface area contributed by atoms with Crippen molar-refractivity contribution in [2.45, 2.75) is 6.42 Å². The molecule has 6 rings (SSSR count). The van der Waals surface area contributed by atoms with Gasteiger partial charge in [0.25, 0.3) is 0 Å². The van der Waals surface area contributed by atoms with Crippen LogP contribution in [0.1, 0.15) is 11.1 Å². The minimum Gasteiger partial charge on any atom is -0.0795 e. The highest BCUT2D eigenvalue weighted by molar-refractivity contribution is 6.25. The quantitative estimate of drug-likeness (QED) is 0.279. The molecule has 5 aromatic carbocycles. The molecule has 0 nitrogen and oxygen atoms in total. The van der Waals surface area contributed by atoms with E-state index in [0.717, 1.165) is 6.42 Å². The van der Waals surface area contributed by atoms with E-state index in [-0.39, 0.29) is 0 Å². The fourth-order valence-corrected chi connectivity index (χ4v) is 4.62. The summed E-state index contributed by atoms with van der Waals surface area (Å²) < 4.78 is 0. The van der Waals surface area contributed by atoms with Crippen molar-refractivity contribution in [3.8, 4) is 11.1 Å². The highest BCUT2D eigenvalue weighted by Crippen LogP contribution is 2.38. The maximum atomic E-state index is 2.38. The smallest absolute Gasteiger partial charge is 0.00879 e. The van der Waals surface area contributed by atoms with Crippen LogP contribution in [-0.2, 0) is 6.42 Å². The van der Waals surface area contributed by atoms with Gasteiger partial charge in [-0.3, -0.25) is 0 Å². The minimum atomic E-state index is 1.05. The van der Waals surface area contributed by atoms with Crippen molar-refractivity contribution in [1.82, 2.24) is 0 Å². The van der Waals surface area contributed by atoms with Crippen LogP contribution in [0.5, 0.6) is 0 Å². The van der Waals surface area contributed by atoms with Gasteiger partial charge >= 0.3 is 0 Å². The highest BCUT2D eigenvalue weighted by atomic mass is 14.2. The number of rotatable bonds is 1. The van der Waals surface area contributed by atoms with E-state index in [9.17, 15) is 0 Å². The molecule has 0 saturated heterocycles. The molecule has 0 heteroatoms. The summed E-state index contributed by atoms with van der Waals surface area (Å²) in [6.45, 7) is 0. The van der Waals surface area contributed by atoms with Gasteiger partial charge in [-0.15, -0.1) is 0 Å². The molecular weight excluding hydrogens is 324 g/mol. The van der Waals surface area contributed by atoms with Crippen molar-refractivity contribution in [2.24, 2.45) is 0 Å². The summed E-state index contributed by atoms with van der Waals surface area (Å²) in [5.41, 5.74) is 5.43. The molecule has 0 atom stereocenters. The zero-order chi connectivity index (χ0) is 17.8. The van der Waals surface area contributed by atoms with E-state index in [0.29, 0.717) is 0 Å². The number of hydrogen-bond donors (Lipinski definition) is 0. The van der Waals surface area contributed by atoms with Crippen LogP contribution in [0.25, 0.3) is 49.5 Å². The van der Waals surface area contributed by atoms with Crippen LogP contribution in [-0.4, -0.2) is 0 Å². The lowest BCUT2D eigenvalue weighted by molar-refractivity contribution is 1.31. The zero-order valence-corrected chi connectivity index (χ0v) is 14.9. The van der Waals surface area contributed by atoms with Crippen molar-refractivity contribution in [2.75, 3.05) is 0 Å². The molecule has 0 fully saturated rings. The van der Waals surface area contributed by atoms with E-state index in [1.54, 1.807) is 0 Å². The number of hydrogen-bond acceptors (Lipinski definition) is 0. The first-order valence-electron chi connectivity index (χ1n) is 9.52. The number of fused-ring (bicyclic) bond motifs is 7. The monoisotopic (exact) mass is 342 g/mol. The SMILES string of the molecule is C1=Cc2c(cccc2-c2ccc3c4ccccc4c4ccccc4c3c2)C1. The number of allylic oxidation sites excluding steroid dienone is 1. The predicted octanol–water partition coefficient (Wildman–Crippen LogP) is 7.38. The van der Waals surface area contributed by atoms with Crippen LogP contribution >= 0.6 is 0 Å². The molecule has 0 spiro atoms. The Hall–Kier alpha value is -3.38. The largest absolute Gasteiger partial charge is 0.0795 e. The lowest BCUT2D eigenvalue weighted by Crippen LogP contribution is -1.88. The molecule has 27 heavy (non-hydrogen) atoms. The van der Waals surface area contributed by atoms with Gasteiger partial charge in [-0.2, -0.15) is 0 Å². The van der Waals surface area contributed by atoms with Gasteiger partial charge in [0.1, 0.15) is 0 Å². The van der Waals surface area contributed by atoms with Crippen molar-refractivity contribution in [1.29, 1.82) is 0 Å². The first kappa shape index (κ1) is 14.8. The van der Waals surface area contributed by atoms with E-state index in [4.69, 9.17) is 0 Å². The van der Waals surface area contributed by atoms with Crippen molar-refractivity contribution in [3.63, 3.8) is 0 Å². The van der Waals surface area contributed by atoms with Gasteiger partial charge in [0.15, 0.2) is 0 Å². The second kappa shape index (κ2) is 5.56. The Morgan fingerprint density at radius 2 is 1.15 bits per heavy atom. The first-order chi connectivity index (χ1) is 13.4. The summed E-state index contributed by atoms with van der Waals surface area (Å²) in [5, 5.41) is 7.98. The van der Waals surface area contributed by atoms with Crippen LogP contribution in [0.4, 0.5) is 0 Å². The first-order valence-corrected chi connectivity index (χ1v) is 9.52. The Kier molecular flexibility index (Phi) is 3.04. The third kappa shape index (κ3) is 2.10. The van der Waals surface area contributed by atoms with Crippen molar-refractivity contribution >= 4 is 38.4 Å². The molecule has 0 aliphatic heterocycles. The minimum absolute atomic E-state index is 1.05. The molecule has 1 aliphatic rings. The molecule has 126 valence electrons. The van der Waals surface area contributed by atoms with Gasteiger partial charge in [0, 0.05) is 0 Å². The molecule has 5 aromatic rings. The topological polar surface area (TPSA) is 0 Å². The molecular formula is C27H18. The molecule has 0 saturated carbocycles. The average molecular weight is 342 g/mol. The van der Waals surface area contributed by atoms with Gasteiger partial charge < -0.3 is 0 Å². The Labute approximate surface area is 158 Å². The van der Waals surface area contributed by atoms with Crippen LogP contribution in [0, 0.1) is 0 Å². The second-order valence-corrected chi connectivity index (χ2v) is 7.34. The normalized spacial score (nSPS) is 12.9. The molecule has 0 aromatic heterocycles. The van der Waals surface area contributed by atoms with E-state index in [1.165, 1.54) is 54.6 Å². The Morgan fingerprint density at radius 3 is 1.85 bits per heavy atom. The molecule has 0 N–H and O–H groups in total. The lowest BCUT2D eigenvalue weighted by atomic mass is 9.90. The van der Waals surface area contributed by atoms with Crippen LogP contribution in [0.15, 0.2) is 91.0 Å². The van der Waals surface area contributed by atoms with E-state index < -0.39 is 0 Å². The average Bonchev–Trinajstić information content (AvgIpc) is 3.23. The Balaban J connectivity index is 1.75. The second-order valence-electron chi connectivity index (χ2n) is 7.34. The van der Waals surface area contributed by atoms with Crippen LogP contribution < -0.4 is 0 Å². The van der Waals surface area contributed by atoms with E-state index >= 15 is 0 Å². The summed E-state index contributed by atoms with van der Waals surface area (Å²) >= 11 is 0. The molecule has 0 amide bonds. The maximum Gasteiger partial charge on any atom is -0.00879 e. The molecule has 0 radical (unpaired) electrons. The van der Waals surface area contributed by atoms with Crippen molar-refractivity contribution in [3.05, 3.63) is 102 Å². The zero-order valence-electron chi connectivity index (χ0n) is 14.9. The maximum absolute atomic E-state index is 2.38. The third-order valence-corrected chi connectivity index (χ3v) is 5.87. The number of benzene rings is 5. The Morgan fingerprint density at radius 1 is 0.519 bits per heavy atom. The highest BCUT2D eigenvalue weighted by Gasteiger charge is 2.13. The molecule has 0 heterocycles. The van der Waals surface area contributed by atoms with Crippen LogP contribution in [0.3, 0.4) is 0 Å². The molecule has 0 unspecified atom stereocenters. The molecule has 1 aliphatic carbocycles. The fraction of sp³-hybridized carbons (Fsp3) is 0.0370. The van der Waals surface area contributed by atoms with Gasteiger partial charge in [-0.05, 0) is 67.1 Å². The summed E-state index contributed by atoms with van der Waals surface area (Å²) in [7, 11) is 0. The van der Waals surface area contributed by atoms with Gasteiger partial charge in [0.2, 0.25) is 0 Å². The predicted molar refractivity (Wildman–Crippen MR) is 117 cm³/mol. The van der Waals surface area contributed by atoms with Gasteiger partial charge in [-0.25, -0.2) is 0 Å². The third-order valence-electron chi connectivity index (χ3n) is 5.87.